The second-order valence-corrected chi connectivity index (χ2v) is 5.80. The largest absolute Gasteiger partial charge is 0.508 e. The fraction of sp³-hybridized carbons (Fsp3) is 0.611. The van der Waals surface area contributed by atoms with Gasteiger partial charge < -0.3 is 10.3 Å². The second kappa shape index (κ2) is 9.43. The Morgan fingerprint density at radius 1 is 1.05 bits per heavy atom. The summed E-state index contributed by atoms with van der Waals surface area (Å²) in [6.07, 6.45) is 9.93. The number of unbranched alkanes of at least 4 members (excludes halogenated alkanes) is 6. The van der Waals surface area contributed by atoms with Crippen molar-refractivity contribution in [2.75, 3.05) is 0 Å². The molecule has 0 atom stereocenters. The minimum atomic E-state index is 0.260. The van der Waals surface area contributed by atoms with E-state index >= 15 is 0 Å². The summed E-state index contributed by atoms with van der Waals surface area (Å²) in [5.41, 5.74) is 3.42. The van der Waals surface area contributed by atoms with Gasteiger partial charge in [-0.2, -0.15) is 0 Å². The van der Waals surface area contributed by atoms with E-state index in [1.54, 1.807) is 13.0 Å². The van der Waals surface area contributed by atoms with E-state index in [2.05, 4.69) is 12.1 Å². The molecule has 1 rings (SSSR count). The number of hydrogen-bond donors (Lipinski definition) is 2. The Bertz CT molecular complexity index is 467. The summed E-state index contributed by atoms with van der Waals surface area (Å²) in [7, 11) is 0. The van der Waals surface area contributed by atoms with Gasteiger partial charge in [-0.25, -0.2) is 0 Å². The molecular weight excluding hydrogens is 262 g/mol. The van der Waals surface area contributed by atoms with E-state index in [-0.39, 0.29) is 5.75 Å². The van der Waals surface area contributed by atoms with Crippen LogP contribution < -0.4 is 0 Å². The molecule has 0 heterocycles. The molecule has 0 aromatic heterocycles. The second-order valence-electron chi connectivity index (χ2n) is 5.80. The molecule has 1 aromatic rings. The third-order valence-electron chi connectivity index (χ3n) is 4.08. The predicted molar refractivity (Wildman–Crippen MR) is 88.5 cm³/mol. The Morgan fingerprint density at radius 3 is 2.29 bits per heavy atom. The molecule has 0 bridgehead atoms. The number of rotatable bonds is 9. The van der Waals surface area contributed by atoms with Gasteiger partial charge in [0.2, 0.25) is 0 Å². The van der Waals surface area contributed by atoms with Gasteiger partial charge in [0.1, 0.15) is 5.75 Å². The van der Waals surface area contributed by atoms with Gasteiger partial charge in [0.25, 0.3) is 0 Å². The molecule has 0 unspecified atom stereocenters. The molecule has 118 valence electrons. The number of phenols is 1. The smallest absolute Gasteiger partial charge is 0.119 e. The van der Waals surface area contributed by atoms with Gasteiger partial charge in [-0.3, -0.25) is 0 Å². The maximum absolute atomic E-state index is 9.82. The zero-order valence-corrected chi connectivity index (χ0v) is 13.7. The molecule has 0 aliphatic carbocycles. The van der Waals surface area contributed by atoms with Crippen LogP contribution in [0.3, 0.4) is 0 Å². The summed E-state index contributed by atoms with van der Waals surface area (Å²) >= 11 is 0. The fourth-order valence-corrected chi connectivity index (χ4v) is 2.79. The van der Waals surface area contributed by atoms with Crippen molar-refractivity contribution < 1.29 is 10.3 Å². The Kier molecular flexibility index (Phi) is 7.88. The third-order valence-corrected chi connectivity index (χ3v) is 4.08. The maximum atomic E-state index is 9.82. The summed E-state index contributed by atoms with van der Waals surface area (Å²) in [5.74, 6) is 0.260. The van der Waals surface area contributed by atoms with Crippen molar-refractivity contribution in [3.05, 3.63) is 28.8 Å². The van der Waals surface area contributed by atoms with Gasteiger partial charge in [0.15, 0.2) is 0 Å². The highest BCUT2D eigenvalue weighted by atomic mass is 16.4. The molecule has 2 N–H and O–H groups in total. The summed E-state index contributed by atoms with van der Waals surface area (Å²) in [6.45, 7) is 5.88. The molecule has 0 aliphatic rings. The van der Waals surface area contributed by atoms with E-state index in [0.29, 0.717) is 5.71 Å². The van der Waals surface area contributed by atoms with Crippen molar-refractivity contribution in [2.24, 2.45) is 5.16 Å². The molecule has 0 saturated heterocycles. The molecular formula is C18H29NO2. The molecule has 0 saturated carbocycles. The predicted octanol–water partition coefficient (Wildman–Crippen LogP) is 5.19. The zero-order chi connectivity index (χ0) is 15.7. The van der Waals surface area contributed by atoms with Gasteiger partial charge in [-0.15, -0.1) is 0 Å². The van der Waals surface area contributed by atoms with E-state index in [9.17, 15) is 5.11 Å². The molecule has 0 radical (unpaired) electrons. The minimum absolute atomic E-state index is 0.260. The molecule has 0 fully saturated rings. The molecule has 1 aromatic carbocycles. The fourth-order valence-electron chi connectivity index (χ4n) is 2.79. The average molecular weight is 291 g/mol. The van der Waals surface area contributed by atoms with Gasteiger partial charge in [0, 0.05) is 11.1 Å². The number of nitrogens with zero attached hydrogens (tertiary/aromatic N) is 1. The lowest BCUT2D eigenvalue weighted by atomic mass is 9.93. The van der Waals surface area contributed by atoms with Crippen LogP contribution in [0, 0.1) is 6.92 Å². The van der Waals surface area contributed by atoms with Gasteiger partial charge in [-0.1, -0.05) is 56.7 Å². The van der Waals surface area contributed by atoms with E-state index in [1.165, 1.54) is 38.5 Å². The number of hydrogen-bond acceptors (Lipinski definition) is 3. The van der Waals surface area contributed by atoms with E-state index in [4.69, 9.17) is 5.21 Å². The number of aryl methyl sites for hydroxylation is 1. The van der Waals surface area contributed by atoms with Crippen molar-refractivity contribution in [3.63, 3.8) is 0 Å². The lowest BCUT2D eigenvalue weighted by molar-refractivity contribution is 0.319. The van der Waals surface area contributed by atoms with E-state index in [0.717, 1.165) is 29.5 Å². The van der Waals surface area contributed by atoms with Gasteiger partial charge in [0.05, 0.1) is 5.71 Å². The summed E-state index contributed by atoms with van der Waals surface area (Å²) in [4.78, 5) is 0. The number of oxime groups is 1. The van der Waals surface area contributed by atoms with Crippen LogP contribution in [0.5, 0.6) is 5.75 Å². The van der Waals surface area contributed by atoms with Gasteiger partial charge in [-0.05, 0) is 38.3 Å². The van der Waals surface area contributed by atoms with Crippen molar-refractivity contribution in [1.82, 2.24) is 0 Å². The van der Waals surface area contributed by atoms with Crippen LogP contribution >= 0.6 is 0 Å². The van der Waals surface area contributed by atoms with Crippen LogP contribution in [0.15, 0.2) is 17.3 Å². The number of phenolic OH excluding ortho intramolecular Hbond substituents is 1. The van der Waals surface area contributed by atoms with Crippen molar-refractivity contribution >= 4 is 5.71 Å². The zero-order valence-electron chi connectivity index (χ0n) is 13.7. The third kappa shape index (κ3) is 5.41. The molecule has 3 nitrogen and oxygen atoms in total. The topological polar surface area (TPSA) is 52.8 Å². The Morgan fingerprint density at radius 2 is 1.67 bits per heavy atom. The molecule has 0 aliphatic heterocycles. The average Bonchev–Trinajstić information content (AvgIpc) is 2.49. The first kappa shape index (κ1) is 17.5. The first-order valence-corrected chi connectivity index (χ1v) is 8.12. The first-order valence-electron chi connectivity index (χ1n) is 8.12. The lowest BCUT2D eigenvalue weighted by Gasteiger charge is -2.13. The lowest BCUT2D eigenvalue weighted by Crippen LogP contribution is -2.04. The van der Waals surface area contributed by atoms with Crippen molar-refractivity contribution in [1.29, 1.82) is 0 Å². The highest BCUT2D eigenvalue weighted by Gasteiger charge is 2.12. The quantitative estimate of drug-likeness (QED) is 0.284. The first-order chi connectivity index (χ1) is 10.1. The standard InChI is InChI=1S/C18H29NO2/c1-4-5-6-7-8-9-10-11-16-12-13-17(20)14(2)18(16)15(3)19-21/h12-13,20-21H,4-11H2,1-3H3. The molecule has 3 heteroatoms. The molecule has 0 spiro atoms. The SMILES string of the molecule is CCCCCCCCCc1ccc(O)c(C)c1C(C)=NO. The van der Waals surface area contributed by atoms with Gasteiger partial charge >= 0.3 is 0 Å². The van der Waals surface area contributed by atoms with E-state index < -0.39 is 0 Å². The van der Waals surface area contributed by atoms with Crippen LogP contribution in [0.1, 0.15) is 75.5 Å². The Balaban J connectivity index is 2.57. The van der Waals surface area contributed by atoms with E-state index in [1.807, 2.05) is 13.0 Å². The van der Waals surface area contributed by atoms with Crippen molar-refractivity contribution in [3.8, 4) is 5.75 Å². The Labute approximate surface area is 128 Å². The van der Waals surface area contributed by atoms with Crippen LogP contribution in [-0.4, -0.2) is 16.0 Å². The highest BCUT2D eigenvalue weighted by molar-refractivity contribution is 6.01. The van der Waals surface area contributed by atoms with Crippen LogP contribution in [0.25, 0.3) is 0 Å². The monoisotopic (exact) mass is 291 g/mol. The highest BCUT2D eigenvalue weighted by Crippen LogP contribution is 2.26. The molecule has 0 amide bonds. The minimum Gasteiger partial charge on any atom is -0.508 e. The van der Waals surface area contributed by atoms with Crippen molar-refractivity contribution in [2.45, 2.75) is 72.1 Å². The Hall–Kier alpha value is -1.51. The summed E-state index contributed by atoms with van der Waals surface area (Å²) < 4.78 is 0. The van der Waals surface area contributed by atoms with Crippen LogP contribution in [-0.2, 0) is 6.42 Å². The van der Waals surface area contributed by atoms with Crippen LogP contribution in [0.4, 0.5) is 0 Å². The maximum Gasteiger partial charge on any atom is 0.119 e. The summed E-state index contributed by atoms with van der Waals surface area (Å²) in [6, 6.07) is 3.68. The number of benzene rings is 1. The number of aromatic hydroxyl groups is 1. The molecule has 21 heavy (non-hydrogen) atoms. The normalized spacial score (nSPS) is 11.9. The summed E-state index contributed by atoms with van der Waals surface area (Å²) in [5, 5.41) is 22.2. The van der Waals surface area contributed by atoms with Crippen LogP contribution in [0.2, 0.25) is 0 Å².